The standard InChI is InChI=1S/C35H33NO/c1-34-19-8-9-20-35(34,2)36(27-13-10-14-28(23-27)37-3)32-18-17-26(22-31(32)34)33-29-15-6-4-11-24(29)21-25-12-5-7-16-30(25)33/h4-7,10-18,21-23H,8-9,19-20H2,1-3H3. The number of nitrogens with zero attached hydrogens (tertiary/aromatic N) is 1. The molecule has 5 aromatic rings. The Morgan fingerprint density at radius 1 is 0.703 bits per heavy atom. The van der Waals surface area contributed by atoms with Crippen molar-refractivity contribution in [1.82, 2.24) is 0 Å². The van der Waals surface area contributed by atoms with Crippen molar-refractivity contribution in [3.8, 4) is 16.9 Å². The van der Waals surface area contributed by atoms with Crippen molar-refractivity contribution in [2.24, 2.45) is 0 Å². The Morgan fingerprint density at radius 2 is 1.41 bits per heavy atom. The van der Waals surface area contributed by atoms with Crippen molar-refractivity contribution in [3.05, 3.63) is 103 Å². The van der Waals surface area contributed by atoms with Gasteiger partial charge in [0.15, 0.2) is 0 Å². The molecule has 7 rings (SSSR count). The highest BCUT2D eigenvalue weighted by atomic mass is 16.5. The van der Waals surface area contributed by atoms with E-state index in [1.54, 1.807) is 7.11 Å². The van der Waals surface area contributed by atoms with Gasteiger partial charge in [0.05, 0.1) is 12.6 Å². The number of methoxy groups -OCH3 is 1. The van der Waals surface area contributed by atoms with Gasteiger partial charge < -0.3 is 9.64 Å². The molecular formula is C35H33NO. The van der Waals surface area contributed by atoms with E-state index in [4.69, 9.17) is 4.74 Å². The van der Waals surface area contributed by atoms with Gasteiger partial charge in [0.25, 0.3) is 0 Å². The Balaban J connectivity index is 1.50. The molecule has 0 N–H and O–H groups in total. The lowest BCUT2D eigenvalue weighted by molar-refractivity contribution is 0.195. The molecule has 0 amide bonds. The second kappa shape index (κ2) is 8.11. The maximum atomic E-state index is 5.63. The number of rotatable bonds is 3. The van der Waals surface area contributed by atoms with Gasteiger partial charge in [-0.25, -0.2) is 0 Å². The largest absolute Gasteiger partial charge is 0.497 e. The molecule has 0 spiro atoms. The van der Waals surface area contributed by atoms with Crippen LogP contribution in [0.5, 0.6) is 5.75 Å². The van der Waals surface area contributed by atoms with Crippen LogP contribution in [0.2, 0.25) is 0 Å². The second-order valence-electron chi connectivity index (χ2n) is 11.3. The van der Waals surface area contributed by atoms with E-state index in [0.717, 1.165) is 5.75 Å². The van der Waals surface area contributed by atoms with E-state index in [-0.39, 0.29) is 11.0 Å². The molecule has 2 unspecified atom stereocenters. The fraction of sp³-hybridized carbons (Fsp3) is 0.257. The van der Waals surface area contributed by atoms with Gasteiger partial charge in [-0.1, -0.05) is 80.4 Å². The van der Waals surface area contributed by atoms with E-state index in [1.165, 1.54) is 75.3 Å². The number of fused-ring (bicyclic) bond motifs is 5. The molecule has 1 aliphatic carbocycles. The van der Waals surface area contributed by atoms with E-state index in [2.05, 4.69) is 110 Å². The van der Waals surface area contributed by atoms with Gasteiger partial charge in [0.2, 0.25) is 0 Å². The maximum absolute atomic E-state index is 5.63. The molecule has 1 heterocycles. The summed E-state index contributed by atoms with van der Waals surface area (Å²) in [6, 6.07) is 35.8. The van der Waals surface area contributed by atoms with Gasteiger partial charge in [-0.2, -0.15) is 0 Å². The zero-order valence-corrected chi connectivity index (χ0v) is 21.9. The molecule has 184 valence electrons. The van der Waals surface area contributed by atoms with Crippen LogP contribution in [0.4, 0.5) is 11.4 Å². The summed E-state index contributed by atoms with van der Waals surface area (Å²) in [5, 5.41) is 5.23. The highest BCUT2D eigenvalue weighted by molar-refractivity contribution is 6.12. The van der Waals surface area contributed by atoms with E-state index >= 15 is 0 Å². The molecule has 0 saturated heterocycles. The first kappa shape index (κ1) is 22.4. The Morgan fingerprint density at radius 3 is 2.14 bits per heavy atom. The number of hydrogen-bond donors (Lipinski definition) is 0. The molecule has 37 heavy (non-hydrogen) atoms. The smallest absolute Gasteiger partial charge is 0.120 e. The van der Waals surface area contributed by atoms with Crippen LogP contribution in [0.1, 0.15) is 45.1 Å². The molecule has 2 aliphatic rings. The van der Waals surface area contributed by atoms with E-state index in [9.17, 15) is 0 Å². The number of hydrogen-bond acceptors (Lipinski definition) is 2. The number of benzene rings is 5. The third kappa shape index (κ3) is 3.11. The van der Waals surface area contributed by atoms with Crippen molar-refractivity contribution in [1.29, 1.82) is 0 Å². The topological polar surface area (TPSA) is 12.5 Å². The van der Waals surface area contributed by atoms with Gasteiger partial charge >= 0.3 is 0 Å². The van der Waals surface area contributed by atoms with Crippen molar-refractivity contribution < 1.29 is 4.74 Å². The quantitative estimate of drug-likeness (QED) is 0.237. The van der Waals surface area contributed by atoms with E-state index in [0.29, 0.717) is 0 Å². The average molecular weight is 484 g/mol. The molecule has 2 atom stereocenters. The summed E-state index contributed by atoms with van der Waals surface area (Å²) in [7, 11) is 1.75. The van der Waals surface area contributed by atoms with Crippen LogP contribution in [0.25, 0.3) is 32.7 Å². The van der Waals surface area contributed by atoms with Crippen LogP contribution in [-0.2, 0) is 5.41 Å². The third-order valence-electron chi connectivity index (χ3n) is 9.48. The van der Waals surface area contributed by atoms with Crippen molar-refractivity contribution >= 4 is 32.9 Å². The SMILES string of the molecule is COc1cccc(N2c3ccc(-c4c5ccccc5cc5ccccc45)cc3C3(C)CCCCC23C)c1. The maximum Gasteiger partial charge on any atom is 0.120 e. The Labute approximate surface area is 219 Å². The minimum absolute atomic E-state index is 0.0133. The summed E-state index contributed by atoms with van der Waals surface area (Å²) in [5.74, 6) is 0.908. The first-order chi connectivity index (χ1) is 18.0. The van der Waals surface area contributed by atoms with Crippen molar-refractivity contribution in [2.75, 3.05) is 12.0 Å². The molecule has 0 radical (unpaired) electrons. The summed E-state index contributed by atoms with van der Waals surface area (Å²) in [6.07, 6.45) is 4.93. The van der Waals surface area contributed by atoms with Gasteiger partial charge in [0.1, 0.15) is 5.75 Å². The monoisotopic (exact) mass is 483 g/mol. The molecule has 5 aromatic carbocycles. The molecule has 2 nitrogen and oxygen atoms in total. The fourth-order valence-corrected chi connectivity index (χ4v) is 7.37. The summed E-state index contributed by atoms with van der Waals surface area (Å²) in [5.41, 5.74) is 6.78. The summed E-state index contributed by atoms with van der Waals surface area (Å²) < 4.78 is 5.63. The predicted octanol–water partition coefficient (Wildman–Crippen LogP) is 9.41. The summed E-state index contributed by atoms with van der Waals surface area (Å²) >= 11 is 0. The third-order valence-corrected chi connectivity index (χ3v) is 9.48. The first-order valence-electron chi connectivity index (χ1n) is 13.5. The predicted molar refractivity (Wildman–Crippen MR) is 156 cm³/mol. The number of anilines is 2. The highest BCUT2D eigenvalue weighted by Crippen LogP contribution is 2.61. The van der Waals surface area contributed by atoms with Crippen LogP contribution in [-0.4, -0.2) is 12.6 Å². The van der Waals surface area contributed by atoms with Crippen molar-refractivity contribution in [3.63, 3.8) is 0 Å². The van der Waals surface area contributed by atoms with Crippen molar-refractivity contribution in [2.45, 2.75) is 50.5 Å². The molecule has 1 saturated carbocycles. The van der Waals surface area contributed by atoms with E-state index in [1.807, 2.05) is 6.07 Å². The Bertz CT molecular complexity index is 1620. The number of ether oxygens (including phenoxy) is 1. The lowest BCUT2D eigenvalue weighted by atomic mass is 9.61. The Hall–Kier alpha value is -3.78. The molecular weight excluding hydrogens is 450 g/mol. The van der Waals surface area contributed by atoms with Crippen LogP contribution < -0.4 is 9.64 Å². The van der Waals surface area contributed by atoms with Crippen LogP contribution in [0.3, 0.4) is 0 Å². The van der Waals surface area contributed by atoms with Gasteiger partial charge in [-0.05, 0) is 88.3 Å². The van der Waals surface area contributed by atoms with Gasteiger partial charge in [-0.3, -0.25) is 0 Å². The zero-order chi connectivity index (χ0) is 25.2. The minimum Gasteiger partial charge on any atom is -0.497 e. The zero-order valence-electron chi connectivity index (χ0n) is 21.9. The molecule has 1 fully saturated rings. The molecule has 0 bridgehead atoms. The van der Waals surface area contributed by atoms with Gasteiger partial charge in [-0.15, -0.1) is 0 Å². The summed E-state index contributed by atoms with van der Waals surface area (Å²) in [4.78, 5) is 2.62. The summed E-state index contributed by atoms with van der Waals surface area (Å²) in [6.45, 7) is 4.99. The molecule has 0 aromatic heterocycles. The molecule has 2 heteroatoms. The second-order valence-corrected chi connectivity index (χ2v) is 11.3. The first-order valence-corrected chi connectivity index (χ1v) is 13.5. The van der Waals surface area contributed by atoms with Crippen LogP contribution in [0, 0.1) is 0 Å². The molecule has 1 aliphatic heterocycles. The average Bonchev–Trinajstić information content (AvgIpc) is 3.14. The Kier molecular flexibility index (Phi) is 4.92. The fourth-order valence-electron chi connectivity index (χ4n) is 7.37. The van der Waals surface area contributed by atoms with E-state index < -0.39 is 0 Å². The van der Waals surface area contributed by atoms with Gasteiger partial charge in [0, 0.05) is 22.9 Å². The lowest BCUT2D eigenvalue weighted by Crippen LogP contribution is -2.54. The highest BCUT2D eigenvalue weighted by Gasteiger charge is 2.57. The van der Waals surface area contributed by atoms with Crippen LogP contribution >= 0.6 is 0 Å². The minimum atomic E-state index is 0.0133. The lowest BCUT2D eigenvalue weighted by Gasteiger charge is -2.50. The normalized spacial score (nSPS) is 22.7. The van der Waals surface area contributed by atoms with Crippen LogP contribution in [0.15, 0.2) is 97.1 Å².